The highest BCUT2D eigenvalue weighted by Gasteiger charge is 2.08. The van der Waals surface area contributed by atoms with Gasteiger partial charge in [-0.05, 0) is 24.3 Å². The van der Waals surface area contributed by atoms with Crippen LogP contribution in [0.2, 0.25) is 0 Å². The molecule has 6 heteroatoms. The first kappa shape index (κ1) is 12.6. The highest BCUT2D eigenvalue weighted by molar-refractivity contribution is 5.93. The van der Waals surface area contributed by atoms with Crippen LogP contribution in [0.3, 0.4) is 0 Å². The van der Waals surface area contributed by atoms with Gasteiger partial charge >= 0.3 is 5.97 Å². The SMILES string of the molecule is NC(=O)c1cccc(-n2cc(C(=O)O)ccc2=O)c1. The average molecular weight is 258 g/mol. The lowest BCUT2D eigenvalue weighted by molar-refractivity contribution is 0.0696. The van der Waals surface area contributed by atoms with Gasteiger partial charge in [0.15, 0.2) is 0 Å². The van der Waals surface area contributed by atoms with Crippen LogP contribution in [-0.4, -0.2) is 21.6 Å². The number of amides is 1. The average Bonchev–Trinajstić information content (AvgIpc) is 2.39. The molecule has 1 aromatic carbocycles. The molecule has 0 saturated carbocycles. The first-order chi connectivity index (χ1) is 8.99. The lowest BCUT2D eigenvalue weighted by Crippen LogP contribution is -2.19. The van der Waals surface area contributed by atoms with Gasteiger partial charge in [0.25, 0.3) is 5.56 Å². The monoisotopic (exact) mass is 258 g/mol. The van der Waals surface area contributed by atoms with Crippen LogP contribution in [0.25, 0.3) is 5.69 Å². The van der Waals surface area contributed by atoms with E-state index >= 15 is 0 Å². The molecule has 2 rings (SSSR count). The summed E-state index contributed by atoms with van der Waals surface area (Å²) in [7, 11) is 0. The van der Waals surface area contributed by atoms with Crippen LogP contribution < -0.4 is 11.3 Å². The minimum absolute atomic E-state index is 0.0240. The van der Waals surface area contributed by atoms with Crippen molar-refractivity contribution in [3.8, 4) is 5.69 Å². The summed E-state index contributed by atoms with van der Waals surface area (Å²) in [6.07, 6.45) is 1.20. The van der Waals surface area contributed by atoms with E-state index < -0.39 is 17.4 Å². The van der Waals surface area contributed by atoms with Crippen LogP contribution in [0.4, 0.5) is 0 Å². The zero-order valence-electron chi connectivity index (χ0n) is 9.74. The van der Waals surface area contributed by atoms with E-state index in [4.69, 9.17) is 10.8 Å². The first-order valence-corrected chi connectivity index (χ1v) is 5.35. The van der Waals surface area contributed by atoms with Crippen molar-refractivity contribution in [2.24, 2.45) is 5.73 Å². The van der Waals surface area contributed by atoms with Crippen molar-refractivity contribution in [3.05, 3.63) is 64.1 Å². The summed E-state index contributed by atoms with van der Waals surface area (Å²) >= 11 is 0. The van der Waals surface area contributed by atoms with Crippen molar-refractivity contribution in [1.82, 2.24) is 4.57 Å². The number of carbonyl (C=O) groups is 2. The molecule has 1 heterocycles. The fourth-order valence-corrected chi connectivity index (χ4v) is 1.62. The number of carbonyl (C=O) groups excluding carboxylic acids is 1. The van der Waals surface area contributed by atoms with Crippen LogP contribution in [0.5, 0.6) is 0 Å². The molecule has 0 saturated heterocycles. The molecule has 0 bridgehead atoms. The number of aromatic nitrogens is 1. The molecule has 0 aliphatic heterocycles. The van der Waals surface area contributed by atoms with E-state index in [0.717, 1.165) is 10.6 Å². The first-order valence-electron chi connectivity index (χ1n) is 5.35. The maximum Gasteiger partial charge on any atom is 0.337 e. The Bertz CT molecular complexity index is 719. The van der Waals surface area contributed by atoms with Gasteiger partial charge in [0.05, 0.1) is 5.56 Å². The number of nitrogens with zero attached hydrogens (tertiary/aromatic N) is 1. The Kier molecular flexibility index (Phi) is 3.15. The Morgan fingerprint density at radius 1 is 1.11 bits per heavy atom. The van der Waals surface area contributed by atoms with Crippen molar-refractivity contribution in [1.29, 1.82) is 0 Å². The highest BCUT2D eigenvalue weighted by atomic mass is 16.4. The van der Waals surface area contributed by atoms with Gasteiger partial charge in [0.1, 0.15) is 0 Å². The number of rotatable bonds is 3. The summed E-state index contributed by atoms with van der Waals surface area (Å²) in [4.78, 5) is 33.7. The lowest BCUT2D eigenvalue weighted by atomic mass is 10.2. The largest absolute Gasteiger partial charge is 0.478 e. The third kappa shape index (κ3) is 2.52. The summed E-state index contributed by atoms with van der Waals surface area (Å²) in [6, 6.07) is 8.46. The van der Waals surface area contributed by atoms with E-state index in [-0.39, 0.29) is 11.1 Å². The number of hydrogen-bond acceptors (Lipinski definition) is 3. The smallest absolute Gasteiger partial charge is 0.337 e. The maximum absolute atomic E-state index is 11.7. The molecule has 2 aromatic rings. The molecule has 6 nitrogen and oxygen atoms in total. The van der Waals surface area contributed by atoms with Crippen LogP contribution in [0, 0.1) is 0 Å². The minimum Gasteiger partial charge on any atom is -0.478 e. The van der Waals surface area contributed by atoms with E-state index in [1.807, 2.05) is 0 Å². The van der Waals surface area contributed by atoms with Crippen molar-refractivity contribution in [2.75, 3.05) is 0 Å². The molecule has 0 unspecified atom stereocenters. The summed E-state index contributed by atoms with van der Waals surface area (Å²) in [5.74, 6) is -1.76. The molecule has 0 atom stereocenters. The Labute approximate surface area is 107 Å². The Hall–Kier alpha value is -2.89. The molecular weight excluding hydrogens is 248 g/mol. The summed E-state index contributed by atoms with van der Waals surface area (Å²) < 4.78 is 1.15. The number of primary amides is 1. The zero-order valence-corrected chi connectivity index (χ0v) is 9.74. The van der Waals surface area contributed by atoms with Crippen LogP contribution in [0.15, 0.2) is 47.4 Å². The van der Waals surface area contributed by atoms with E-state index in [1.54, 1.807) is 12.1 Å². The minimum atomic E-state index is -1.14. The summed E-state index contributed by atoms with van der Waals surface area (Å²) in [5, 5.41) is 8.90. The van der Waals surface area contributed by atoms with Gasteiger partial charge in [0, 0.05) is 23.5 Å². The molecule has 1 amide bonds. The quantitative estimate of drug-likeness (QED) is 0.842. The predicted molar refractivity (Wildman–Crippen MR) is 67.5 cm³/mol. The van der Waals surface area contributed by atoms with Gasteiger partial charge in [-0.3, -0.25) is 14.2 Å². The number of benzene rings is 1. The highest BCUT2D eigenvalue weighted by Crippen LogP contribution is 2.09. The Morgan fingerprint density at radius 2 is 1.84 bits per heavy atom. The summed E-state index contributed by atoms with van der Waals surface area (Å²) in [5.41, 5.74) is 5.36. The van der Waals surface area contributed by atoms with E-state index in [1.165, 1.54) is 24.4 Å². The van der Waals surface area contributed by atoms with Crippen molar-refractivity contribution in [3.63, 3.8) is 0 Å². The van der Waals surface area contributed by atoms with Crippen molar-refractivity contribution in [2.45, 2.75) is 0 Å². The molecule has 0 aliphatic rings. The van der Waals surface area contributed by atoms with E-state index in [9.17, 15) is 14.4 Å². The van der Waals surface area contributed by atoms with Gasteiger partial charge in [-0.1, -0.05) is 6.07 Å². The molecule has 19 heavy (non-hydrogen) atoms. The number of carboxylic acid groups (broad SMARTS) is 1. The molecule has 0 spiro atoms. The number of aromatic carboxylic acids is 1. The van der Waals surface area contributed by atoms with Crippen LogP contribution in [-0.2, 0) is 0 Å². The standard InChI is InChI=1S/C13H10N2O4/c14-12(17)8-2-1-3-10(6-8)15-7-9(13(18)19)4-5-11(15)16/h1-7H,(H2,14,17)(H,18,19). The van der Waals surface area contributed by atoms with Crippen molar-refractivity contribution >= 4 is 11.9 Å². The summed E-state index contributed by atoms with van der Waals surface area (Å²) in [6.45, 7) is 0. The second-order valence-electron chi connectivity index (χ2n) is 3.85. The Balaban J connectivity index is 2.61. The molecule has 0 fully saturated rings. The zero-order chi connectivity index (χ0) is 14.0. The molecule has 0 aliphatic carbocycles. The topological polar surface area (TPSA) is 102 Å². The number of hydrogen-bond donors (Lipinski definition) is 2. The number of nitrogens with two attached hydrogens (primary N) is 1. The molecule has 0 radical (unpaired) electrons. The van der Waals surface area contributed by atoms with Gasteiger partial charge in [-0.2, -0.15) is 0 Å². The number of carboxylic acids is 1. The van der Waals surface area contributed by atoms with Crippen molar-refractivity contribution < 1.29 is 14.7 Å². The van der Waals surface area contributed by atoms with Gasteiger partial charge in [-0.25, -0.2) is 4.79 Å². The molecular formula is C13H10N2O4. The third-order valence-electron chi connectivity index (χ3n) is 2.57. The van der Waals surface area contributed by atoms with Gasteiger partial charge < -0.3 is 10.8 Å². The molecule has 3 N–H and O–H groups in total. The second kappa shape index (κ2) is 4.77. The van der Waals surface area contributed by atoms with Crippen LogP contribution in [0.1, 0.15) is 20.7 Å². The van der Waals surface area contributed by atoms with Gasteiger partial charge in [-0.15, -0.1) is 0 Å². The maximum atomic E-state index is 11.7. The van der Waals surface area contributed by atoms with E-state index in [2.05, 4.69) is 0 Å². The third-order valence-corrected chi connectivity index (χ3v) is 2.57. The van der Waals surface area contributed by atoms with Gasteiger partial charge in [0.2, 0.25) is 5.91 Å². The Morgan fingerprint density at radius 3 is 2.47 bits per heavy atom. The fourth-order valence-electron chi connectivity index (χ4n) is 1.62. The normalized spacial score (nSPS) is 10.1. The van der Waals surface area contributed by atoms with E-state index in [0.29, 0.717) is 5.69 Å². The molecule has 96 valence electrons. The number of pyridine rings is 1. The fraction of sp³-hybridized carbons (Fsp3) is 0. The van der Waals surface area contributed by atoms with Crippen LogP contribution >= 0.6 is 0 Å². The lowest BCUT2D eigenvalue weighted by Gasteiger charge is -2.07. The molecule has 1 aromatic heterocycles. The second-order valence-corrected chi connectivity index (χ2v) is 3.85. The predicted octanol–water partition coefficient (Wildman–Crippen LogP) is 0.635.